The summed E-state index contributed by atoms with van der Waals surface area (Å²) in [6, 6.07) is 34.9. The molecule has 0 saturated heterocycles. The van der Waals surface area contributed by atoms with E-state index in [9.17, 15) is 20.4 Å². The molecule has 0 spiro atoms. The summed E-state index contributed by atoms with van der Waals surface area (Å²) in [6.45, 7) is 6.09. The van der Waals surface area contributed by atoms with Gasteiger partial charge in [-0.05, 0) is 133 Å². The number of rotatable bonds is 16. The third-order valence-corrected chi connectivity index (χ3v) is 12.0. The standard InChI is InChI=1S/4C14H12Cl2N2O.2C2H6O.2ClHO4.2Mn/c4*15-11-7-10(14(19)13(16)8-11)9-17-6-4-12-3-1-2-5-18-12;2*1-2-3;2*2-1(3,4)5;;/h4*1-3,5,7-9,19H,4,6H2;2*3H,2H2,1H3;2*(H,2,3,4,5);;/q;;;;;;;;2*+3/p-6. The van der Waals surface area contributed by atoms with Crippen LogP contribution in [0.1, 0.15) is 58.9 Å². The molecule has 0 fully saturated rings. The fourth-order valence-electron chi connectivity index (χ4n) is 6.26. The normalized spacial score (nSPS) is 10.6. The first-order chi connectivity index (χ1) is 43.5. The first-order valence-corrected chi connectivity index (χ1v) is 31.7. The van der Waals surface area contributed by atoms with Crippen LogP contribution in [0, 0.1) is 20.5 Å². The molecule has 22 nitrogen and oxygen atoms in total. The van der Waals surface area contributed by atoms with Crippen molar-refractivity contribution in [2.24, 2.45) is 20.0 Å². The van der Waals surface area contributed by atoms with Gasteiger partial charge in [0.05, 0.1) is 0 Å². The second-order valence-electron chi connectivity index (χ2n) is 17.0. The molecular formula is C60H56Cl10Mn2N8O14. The monoisotopic (exact) mass is 1570 g/mol. The number of hydrogen-bond donors (Lipinski definition) is 2. The van der Waals surface area contributed by atoms with Crippen molar-refractivity contribution in [1.29, 1.82) is 0 Å². The van der Waals surface area contributed by atoms with Gasteiger partial charge in [0.25, 0.3) is 0 Å². The smallest absolute Gasteiger partial charge is 0.871 e. The molecule has 0 saturated carbocycles. The van der Waals surface area contributed by atoms with E-state index in [0.717, 1.165) is 48.5 Å². The Morgan fingerprint density at radius 1 is 0.351 bits per heavy atom. The number of halogens is 10. The van der Waals surface area contributed by atoms with Crippen molar-refractivity contribution in [3.63, 3.8) is 0 Å². The van der Waals surface area contributed by atoms with Gasteiger partial charge in [0.2, 0.25) is 0 Å². The predicted octanol–water partition coefficient (Wildman–Crippen LogP) is 2.97. The Morgan fingerprint density at radius 3 is 0.670 bits per heavy atom. The van der Waals surface area contributed by atoms with Crippen LogP contribution in [0.4, 0.5) is 0 Å². The van der Waals surface area contributed by atoms with E-state index in [2.05, 4.69) is 39.9 Å². The zero-order valence-corrected chi connectivity index (χ0v) is 59.1. The van der Waals surface area contributed by atoms with E-state index < -0.39 is 20.5 Å². The third-order valence-electron chi connectivity index (χ3n) is 9.96. The van der Waals surface area contributed by atoms with Gasteiger partial charge in [-0.15, -0.1) is 20.5 Å². The number of nitrogens with zero attached hydrogens (tertiary/aromatic N) is 8. The van der Waals surface area contributed by atoms with Crippen LogP contribution in [0.15, 0.2) is 166 Å². The topological polar surface area (TPSA) is 418 Å². The number of aliphatic hydroxyl groups excluding tert-OH is 2. The van der Waals surface area contributed by atoms with Crippen LogP contribution in [0.25, 0.3) is 0 Å². The molecule has 4 aromatic carbocycles. The van der Waals surface area contributed by atoms with E-state index in [1.165, 1.54) is 49.1 Å². The van der Waals surface area contributed by atoms with Crippen molar-refractivity contribution >= 4 is 118 Å². The minimum Gasteiger partial charge on any atom is -0.871 e. The van der Waals surface area contributed by atoms with E-state index in [1.54, 1.807) is 62.9 Å². The molecule has 0 aliphatic carbocycles. The number of benzene rings is 4. The van der Waals surface area contributed by atoms with Gasteiger partial charge in [-0.1, -0.05) is 140 Å². The van der Waals surface area contributed by atoms with Crippen LogP contribution in [0.3, 0.4) is 0 Å². The van der Waals surface area contributed by atoms with Gasteiger partial charge in [-0.3, -0.25) is 39.9 Å². The fraction of sp³-hybridized carbons (Fsp3) is 0.200. The van der Waals surface area contributed by atoms with Crippen LogP contribution < -0.4 is 57.7 Å². The average Bonchev–Trinajstić information content (AvgIpc) is 1.09. The summed E-state index contributed by atoms with van der Waals surface area (Å²) in [5, 5.41) is 64.0. The van der Waals surface area contributed by atoms with Gasteiger partial charge in [0, 0.05) is 178 Å². The summed E-state index contributed by atoms with van der Waals surface area (Å²) in [7, 11) is -9.89. The van der Waals surface area contributed by atoms with Gasteiger partial charge >= 0.3 is 34.1 Å². The molecule has 0 unspecified atom stereocenters. The Bertz CT molecular complexity index is 3040. The largest absolute Gasteiger partial charge is 3.00 e. The first kappa shape index (κ1) is 91.0. The van der Waals surface area contributed by atoms with Crippen molar-refractivity contribution in [2.75, 3.05) is 39.4 Å². The summed E-state index contributed by atoms with van der Waals surface area (Å²) < 4.78 is 67.9. The molecule has 504 valence electrons. The fourth-order valence-corrected chi connectivity index (χ4v) is 8.29. The number of aliphatic hydroxyl groups is 2. The number of pyridine rings is 4. The Labute approximate surface area is 608 Å². The maximum absolute atomic E-state index is 11.7. The second-order valence-corrected chi connectivity index (χ2v) is 21.9. The third kappa shape index (κ3) is 45.4. The summed E-state index contributed by atoms with van der Waals surface area (Å²) >= 11 is 46.4. The van der Waals surface area contributed by atoms with E-state index in [4.69, 9.17) is 140 Å². The average molecular weight is 1580 g/mol. The Balaban J connectivity index is 0. The van der Waals surface area contributed by atoms with E-state index >= 15 is 0 Å². The Kier molecular flexibility index (Phi) is 50.4. The van der Waals surface area contributed by atoms with Crippen LogP contribution in [0.2, 0.25) is 40.2 Å². The van der Waals surface area contributed by atoms with Gasteiger partial charge in [-0.25, -0.2) is 37.3 Å². The molecular weight excluding hydrogens is 1520 g/mol. The SMILES string of the molecule is CCO.CCO.[Mn+3].[Mn+3].[O-][Cl+3]([O-])([O-])[O-].[O-][Cl+3]([O-])([O-])[O-].[O-]c1c(Cl)cc(Cl)cc1C=NCCc1ccccn1.[O-]c1c(Cl)cc(Cl)cc1C=NCCc1ccccn1.[O-]c1c(Cl)cc(Cl)cc1C=NCCc1ccccn1.[O-]c1c(Cl)cc(Cl)cc1C=NCCc1ccccn1. The number of hydrogen-bond acceptors (Lipinski definition) is 22. The predicted molar refractivity (Wildman–Crippen MR) is 331 cm³/mol. The van der Waals surface area contributed by atoms with Crippen LogP contribution >= 0.6 is 92.8 Å². The van der Waals surface area contributed by atoms with Crippen molar-refractivity contribution in [2.45, 2.75) is 39.5 Å². The Hall–Kier alpha value is -5.10. The van der Waals surface area contributed by atoms with Crippen molar-refractivity contribution in [3.8, 4) is 23.0 Å². The summed E-state index contributed by atoms with van der Waals surface area (Å²) in [6.07, 6.45) is 15.9. The molecule has 0 atom stereocenters. The molecule has 0 bridgehead atoms. The van der Waals surface area contributed by atoms with Crippen molar-refractivity contribution < 1.29 is 123 Å². The Morgan fingerprint density at radius 2 is 0.521 bits per heavy atom. The van der Waals surface area contributed by atoms with E-state index in [1.807, 2.05) is 72.8 Å². The maximum atomic E-state index is 11.7. The van der Waals surface area contributed by atoms with Crippen LogP contribution in [-0.2, 0) is 59.8 Å². The maximum Gasteiger partial charge on any atom is 3.00 e. The molecule has 94 heavy (non-hydrogen) atoms. The summed E-state index contributed by atoms with van der Waals surface area (Å²) in [5.74, 6) is -1.03. The molecule has 0 radical (unpaired) electrons. The molecule has 4 heterocycles. The molecule has 0 amide bonds. The van der Waals surface area contributed by atoms with Gasteiger partial charge < -0.3 is 30.6 Å². The molecule has 0 aliphatic heterocycles. The van der Waals surface area contributed by atoms with Gasteiger partial charge in [0.15, 0.2) is 0 Å². The number of aliphatic imine (C=N–C) groups is 4. The summed E-state index contributed by atoms with van der Waals surface area (Å²) in [5.41, 5.74) is 5.46. The molecule has 8 aromatic rings. The quantitative estimate of drug-likeness (QED) is 0.104. The zero-order chi connectivity index (χ0) is 69.1. The first-order valence-electron chi connectivity index (χ1n) is 26.2. The molecule has 4 aromatic heterocycles. The molecule has 34 heteroatoms. The van der Waals surface area contributed by atoms with Crippen molar-refractivity contribution in [3.05, 3.63) is 231 Å². The van der Waals surface area contributed by atoms with E-state index in [-0.39, 0.29) is 90.4 Å². The zero-order valence-electron chi connectivity index (χ0n) is 49.1. The second kappa shape index (κ2) is 52.1. The number of aromatic nitrogens is 4. The van der Waals surface area contributed by atoms with E-state index in [0.29, 0.717) is 68.5 Å². The minimum atomic E-state index is -4.94. The minimum absolute atomic E-state index is 0. The van der Waals surface area contributed by atoms with Crippen LogP contribution in [-0.4, -0.2) is 94.4 Å². The van der Waals surface area contributed by atoms with Gasteiger partial charge in [-0.2, -0.15) is 0 Å². The molecule has 0 aliphatic rings. The summed E-state index contributed by atoms with van der Waals surface area (Å²) in [4.78, 5) is 33.6. The molecule has 8 rings (SSSR count). The van der Waals surface area contributed by atoms with Crippen LogP contribution in [0.5, 0.6) is 23.0 Å². The molecule has 2 N–H and O–H groups in total. The van der Waals surface area contributed by atoms with Gasteiger partial charge in [0.1, 0.15) is 0 Å². The van der Waals surface area contributed by atoms with Crippen molar-refractivity contribution in [1.82, 2.24) is 19.9 Å².